The first-order chi connectivity index (χ1) is 8.40. The SMILES string of the molecule is CCNCCNCC1CCc2ccccc2C1. The van der Waals surface area contributed by atoms with Crippen LogP contribution in [-0.4, -0.2) is 26.2 Å². The molecule has 2 nitrogen and oxygen atoms in total. The third kappa shape index (κ3) is 3.83. The number of hydrogen-bond donors (Lipinski definition) is 2. The Balaban J connectivity index is 1.71. The Morgan fingerprint density at radius 2 is 1.88 bits per heavy atom. The van der Waals surface area contributed by atoms with Crippen LogP contribution in [0.5, 0.6) is 0 Å². The van der Waals surface area contributed by atoms with Crippen molar-refractivity contribution < 1.29 is 0 Å². The van der Waals surface area contributed by atoms with E-state index in [-0.39, 0.29) is 0 Å². The second-order valence-corrected chi connectivity index (χ2v) is 4.94. The first-order valence-corrected chi connectivity index (χ1v) is 6.88. The van der Waals surface area contributed by atoms with E-state index in [1.54, 1.807) is 11.1 Å². The van der Waals surface area contributed by atoms with E-state index in [4.69, 9.17) is 0 Å². The molecule has 2 N–H and O–H groups in total. The van der Waals surface area contributed by atoms with Crippen molar-refractivity contribution in [2.45, 2.75) is 26.2 Å². The number of aryl methyl sites for hydroxylation is 1. The highest BCUT2D eigenvalue weighted by atomic mass is 14.9. The number of rotatable bonds is 6. The highest BCUT2D eigenvalue weighted by Gasteiger charge is 2.17. The van der Waals surface area contributed by atoms with E-state index in [2.05, 4.69) is 41.8 Å². The molecule has 0 spiro atoms. The number of nitrogens with one attached hydrogen (secondary N) is 2. The molecule has 0 radical (unpaired) electrons. The van der Waals surface area contributed by atoms with E-state index in [9.17, 15) is 0 Å². The third-order valence-electron chi connectivity index (χ3n) is 3.61. The van der Waals surface area contributed by atoms with E-state index in [1.165, 1.54) is 25.8 Å². The van der Waals surface area contributed by atoms with E-state index < -0.39 is 0 Å². The van der Waals surface area contributed by atoms with Crippen LogP contribution >= 0.6 is 0 Å². The van der Waals surface area contributed by atoms with Gasteiger partial charge in [0, 0.05) is 13.1 Å². The van der Waals surface area contributed by atoms with E-state index in [1.807, 2.05) is 0 Å². The van der Waals surface area contributed by atoms with Gasteiger partial charge in [0.05, 0.1) is 0 Å². The highest BCUT2D eigenvalue weighted by molar-refractivity contribution is 5.29. The molecule has 2 heteroatoms. The highest BCUT2D eigenvalue weighted by Crippen LogP contribution is 2.24. The summed E-state index contributed by atoms with van der Waals surface area (Å²) in [6.07, 6.45) is 3.85. The number of likely N-dealkylation sites (N-methyl/N-ethyl adjacent to an activating group) is 1. The molecule has 1 unspecified atom stereocenters. The minimum absolute atomic E-state index is 0.825. The Morgan fingerprint density at radius 3 is 2.71 bits per heavy atom. The maximum Gasteiger partial charge on any atom is 0.00768 e. The van der Waals surface area contributed by atoms with Gasteiger partial charge in [0.25, 0.3) is 0 Å². The molecule has 1 aromatic carbocycles. The first-order valence-electron chi connectivity index (χ1n) is 6.88. The van der Waals surface area contributed by atoms with Crippen molar-refractivity contribution >= 4 is 0 Å². The fourth-order valence-electron chi connectivity index (χ4n) is 2.61. The third-order valence-corrected chi connectivity index (χ3v) is 3.61. The second kappa shape index (κ2) is 6.77. The molecule has 0 fully saturated rings. The molecule has 0 bridgehead atoms. The minimum Gasteiger partial charge on any atom is -0.316 e. The minimum atomic E-state index is 0.825. The lowest BCUT2D eigenvalue weighted by Crippen LogP contribution is -2.32. The van der Waals surface area contributed by atoms with Gasteiger partial charge in [-0.15, -0.1) is 0 Å². The number of fused-ring (bicyclic) bond motifs is 1. The Labute approximate surface area is 105 Å². The molecule has 1 aromatic rings. The van der Waals surface area contributed by atoms with Gasteiger partial charge in [0.1, 0.15) is 0 Å². The van der Waals surface area contributed by atoms with Gasteiger partial charge in [-0.25, -0.2) is 0 Å². The summed E-state index contributed by atoms with van der Waals surface area (Å²) >= 11 is 0. The van der Waals surface area contributed by atoms with Crippen LogP contribution in [0.3, 0.4) is 0 Å². The molecular formula is C15H24N2. The smallest absolute Gasteiger partial charge is 0.00768 e. The fourth-order valence-corrected chi connectivity index (χ4v) is 2.61. The van der Waals surface area contributed by atoms with Crippen molar-refractivity contribution in [3.63, 3.8) is 0 Å². The lowest BCUT2D eigenvalue weighted by atomic mass is 9.84. The number of benzene rings is 1. The summed E-state index contributed by atoms with van der Waals surface area (Å²) in [5.41, 5.74) is 3.13. The summed E-state index contributed by atoms with van der Waals surface area (Å²) in [4.78, 5) is 0. The molecule has 0 aromatic heterocycles. The molecule has 17 heavy (non-hydrogen) atoms. The first kappa shape index (κ1) is 12.6. The normalized spacial score (nSPS) is 19.0. The van der Waals surface area contributed by atoms with Crippen LogP contribution in [0.2, 0.25) is 0 Å². The zero-order valence-electron chi connectivity index (χ0n) is 10.8. The summed E-state index contributed by atoms with van der Waals surface area (Å²) in [6.45, 7) is 6.56. The second-order valence-electron chi connectivity index (χ2n) is 4.94. The molecular weight excluding hydrogens is 208 g/mol. The Kier molecular flexibility index (Phi) is 5.02. The number of hydrogen-bond acceptors (Lipinski definition) is 2. The Morgan fingerprint density at radius 1 is 1.12 bits per heavy atom. The Bertz CT molecular complexity index is 335. The van der Waals surface area contributed by atoms with Gasteiger partial charge >= 0.3 is 0 Å². The van der Waals surface area contributed by atoms with Gasteiger partial charge in [0.15, 0.2) is 0 Å². The van der Waals surface area contributed by atoms with Crippen molar-refractivity contribution in [1.82, 2.24) is 10.6 Å². The van der Waals surface area contributed by atoms with E-state index in [0.717, 1.165) is 25.6 Å². The largest absolute Gasteiger partial charge is 0.316 e. The maximum absolute atomic E-state index is 3.56. The monoisotopic (exact) mass is 232 g/mol. The lowest BCUT2D eigenvalue weighted by Gasteiger charge is -2.24. The van der Waals surface area contributed by atoms with Gasteiger partial charge in [0.2, 0.25) is 0 Å². The zero-order valence-corrected chi connectivity index (χ0v) is 10.8. The molecule has 1 aliphatic carbocycles. The molecule has 2 rings (SSSR count). The lowest BCUT2D eigenvalue weighted by molar-refractivity contribution is 0.423. The molecule has 0 amide bonds. The molecule has 1 aliphatic rings. The van der Waals surface area contributed by atoms with Crippen LogP contribution in [0.15, 0.2) is 24.3 Å². The predicted molar refractivity (Wildman–Crippen MR) is 73.4 cm³/mol. The van der Waals surface area contributed by atoms with Crippen LogP contribution in [0.25, 0.3) is 0 Å². The summed E-state index contributed by atoms with van der Waals surface area (Å²) < 4.78 is 0. The van der Waals surface area contributed by atoms with E-state index >= 15 is 0 Å². The molecule has 1 atom stereocenters. The van der Waals surface area contributed by atoms with Gasteiger partial charge in [-0.1, -0.05) is 31.2 Å². The summed E-state index contributed by atoms with van der Waals surface area (Å²) in [6, 6.07) is 8.90. The van der Waals surface area contributed by atoms with Gasteiger partial charge in [-0.3, -0.25) is 0 Å². The van der Waals surface area contributed by atoms with Gasteiger partial charge in [-0.2, -0.15) is 0 Å². The van der Waals surface area contributed by atoms with Crippen LogP contribution in [0.1, 0.15) is 24.5 Å². The molecule has 94 valence electrons. The van der Waals surface area contributed by atoms with Crippen LogP contribution in [0, 0.1) is 5.92 Å². The molecule has 0 heterocycles. The van der Waals surface area contributed by atoms with Crippen molar-refractivity contribution in [2.24, 2.45) is 5.92 Å². The zero-order chi connectivity index (χ0) is 11.9. The van der Waals surface area contributed by atoms with Crippen molar-refractivity contribution in [3.05, 3.63) is 35.4 Å². The van der Waals surface area contributed by atoms with Gasteiger partial charge in [-0.05, 0) is 49.4 Å². The van der Waals surface area contributed by atoms with Gasteiger partial charge < -0.3 is 10.6 Å². The topological polar surface area (TPSA) is 24.1 Å². The standard InChI is InChI=1S/C15H24N2/c1-2-16-9-10-17-12-13-7-8-14-5-3-4-6-15(14)11-13/h3-6,13,16-17H,2,7-12H2,1H3. The summed E-state index contributed by atoms with van der Waals surface area (Å²) in [5, 5.41) is 6.90. The Hall–Kier alpha value is -0.860. The summed E-state index contributed by atoms with van der Waals surface area (Å²) in [5.74, 6) is 0.825. The van der Waals surface area contributed by atoms with Crippen molar-refractivity contribution in [1.29, 1.82) is 0 Å². The van der Waals surface area contributed by atoms with Crippen molar-refractivity contribution in [3.8, 4) is 0 Å². The molecule has 0 saturated heterocycles. The van der Waals surface area contributed by atoms with Crippen molar-refractivity contribution in [2.75, 3.05) is 26.2 Å². The average Bonchev–Trinajstić information content (AvgIpc) is 2.38. The van der Waals surface area contributed by atoms with Crippen LogP contribution in [0.4, 0.5) is 0 Å². The summed E-state index contributed by atoms with van der Waals surface area (Å²) in [7, 11) is 0. The fraction of sp³-hybridized carbons (Fsp3) is 0.600. The van der Waals surface area contributed by atoms with E-state index in [0.29, 0.717) is 0 Å². The van der Waals surface area contributed by atoms with Crippen LogP contribution in [-0.2, 0) is 12.8 Å². The molecule has 0 aliphatic heterocycles. The quantitative estimate of drug-likeness (QED) is 0.733. The van der Waals surface area contributed by atoms with Crippen LogP contribution < -0.4 is 10.6 Å². The predicted octanol–water partition coefficient (Wildman–Crippen LogP) is 1.99. The maximum atomic E-state index is 3.56. The average molecular weight is 232 g/mol. The molecule has 0 saturated carbocycles.